The highest BCUT2D eigenvalue weighted by molar-refractivity contribution is 5.79. The minimum absolute atomic E-state index is 0.150. The number of non-ortho nitro benzene ring substituents is 1. The minimum atomic E-state index is -0.538. The molecule has 4 aromatic rings. The Labute approximate surface area is 152 Å². The van der Waals surface area contributed by atoms with Gasteiger partial charge in [-0.15, -0.1) is 0 Å². The topological polar surface area (TPSA) is 104 Å². The first kappa shape index (κ1) is 16.6. The van der Waals surface area contributed by atoms with Crippen molar-refractivity contribution in [3.8, 4) is 11.5 Å². The largest absolute Gasteiger partial charge is 0.441 e. The van der Waals surface area contributed by atoms with Gasteiger partial charge in [-0.1, -0.05) is 18.2 Å². The molecule has 4 rings (SSSR count). The van der Waals surface area contributed by atoms with Crippen LogP contribution in [0.2, 0.25) is 0 Å². The van der Waals surface area contributed by atoms with Gasteiger partial charge in [-0.05, 0) is 25.1 Å². The van der Waals surface area contributed by atoms with Crippen LogP contribution in [0.4, 0.5) is 5.69 Å². The van der Waals surface area contributed by atoms with Crippen molar-refractivity contribution < 1.29 is 9.34 Å². The predicted octanol–water partition coefficient (Wildman–Crippen LogP) is 3.32. The average Bonchev–Trinajstić information content (AvgIpc) is 3.05. The van der Waals surface area contributed by atoms with Crippen LogP contribution in [0.3, 0.4) is 0 Å². The first-order valence-electron chi connectivity index (χ1n) is 8.18. The summed E-state index contributed by atoms with van der Waals surface area (Å²) < 4.78 is 7.08. The molecule has 0 bridgehead atoms. The maximum Gasteiger partial charge on any atom is 0.270 e. The molecule has 0 atom stereocenters. The van der Waals surface area contributed by atoms with Crippen LogP contribution in [0, 0.1) is 17.0 Å². The van der Waals surface area contributed by atoms with Crippen LogP contribution >= 0.6 is 0 Å². The lowest BCUT2D eigenvalue weighted by molar-refractivity contribution is -0.384. The van der Waals surface area contributed by atoms with Crippen LogP contribution < -0.4 is 5.56 Å². The Balaban J connectivity index is 1.74. The Morgan fingerprint density at radius 3 is 2.70 bits per heavy atom. The molecular formula is C19H14N4O4. The third-order valence-electron chi connectivity index (χ3n) is 4.25. The lowest BCUT2D eigenvalue weighted by Crippen LogP contribution is -2.21. The van der Waals surface area contributed by atoms with Crippen molar-refractivity contribution in [1.82, 2.24) is 14.5 Å². The van der Waals surface area contributed by atoms with Gasteiger partial charge in [0.15, 0.2) is 0 Å². The smallest absolute Gasteiger partial charge is 0.270 e. The Bertz CT molecular complexity index is 1210. The molecule has 0 unspecified atom stereocenters. The van der Waals surface area contributed by atoms with E-state index in [9.17, 15) is 14.9 Å². The third-order valence-corrected chi connectivity index (χ3v) is 4.25. The van der Waals surface area contributed by atoms with Gasteiger partial charge >= 0.3 is 0 Å². The van der Waals surface area contributed by atoms with Crippen molar-refractivity contribution in [3.63, 3.8) is 0 Å². The summed E-state index contributed by atoms with van der Waals surface area (Å²) in [5, 5.41) is 11.2. The van der Waals surface area contributed by atoms with Gasteiger partial charge in [-0.2, -0.15) is 0 Å². The van der Waals surface area contributed by atoms with Crippen molar-refractivity contribution in [2.75, 3.05) is 0 Å². The van der Waals surface area contributed by atoms with E-state index in [4.69, 9.17) is 4.42 Å². The number of nitrogens with zero attached hydrogens (tertiary/aromatic N) is 4. The number of benzene rings is 2. The number of nitro benzene ring substituents is 1. The summed E-state index contributed by atoms with van der Waals surface area (Å²) in [6.07, 6.45) is 1.41. The zero-order valence-electron chi connectivity index (χ0n) is 14.3. The number of hydrogen-bond donors (Lipinski definition) is 0. The molecule has 0 saturated heterocycles. The van der Waals surface area contributed by atoms with E-state index < -0.39 is 4.92 Å². The molecule has 0 aliphatic carbocycles. The standard InChI is InChI=1S/C19H14N4O4/c1-12-17(21-18(27-12)13-5-3-2-4-6-13)10-22-11-20-16-8-7-14(23(25)26)9-15(16)19(22)24/h2-9,11H,10H2,1H3. The molecule has 0 aliphatic rings. The quantitative estimate of drug-likeness (QED) is 0.407. The zero-order valence-corrected chi connectivity index (χ0v) is 14.3. The van der Waals surface area contributed by atoms with Crippen LogP contribution in [-0.4, -0.2) is 19.5 Å². The van der Waals surface area contributed by atoms with E-state index in [1.807, 2.05) is 30.3 Å². The predicted molar refractivity (Wildman–Crippen MR) is 98.4 cm³/mol. The van der Waals surface area contributed by atoms with Gasteiger partial charge in [0.05, 0.1) is 28.7 Å². The monoisotopic (exact) mass is 362 g/mol. The maximum absolute atomic E-state index is 12.7. The first-order valence-corrected chi connectivity index (χ1v) is 8.18. The molecule has 2 aromatic heterocycles. The van der Waals surface area contributed by atoms with Gasteiger partial charge in [0, 0.05) is 17.7 Å². The number of hydrogen-bond acceptors (Lipinski definition) is 6. The Morgan fingerprint density at radius 1 is 1.19 bits per heavy atom. The lowest BCUT2D eigenvalue weighted by Gasteiger charge is -2.05. The van der Waals surface area contributed by atoms with E-state index >= 15 is 0 Å². The normalized spacial score (nSPS) is 11.0. The highest BCUT2D eigenvalue weighted by Crippen LogP contribution is 2.22. The molecule has 0 N–H and O–H groups in total. The van der Waals surface area contributed by atoms with E-state index in [1.165, 1.54) is 29.1 Å². The molecule has 134 valence electrons. The molecule has 2 aromatic carbocycles. The van der Waals surface area contributed by atoms with Gasteiger partial charge in [0.1, 0.15) is 11.5 Å². The van der Waals surface area contributed by atoms with E-state index in [0.29, 0.717) is 22.9 Å². The molecule has 8 heteroatoms. The van der Waals surface area contributed by atoms with Crippen LogP contribution in [0.15, 0.2) is 64.1 Å². The SMILES string of the molecule is Cc1oc(-c2ccccc2)nc1Cn1cnc2ccc([N+](=O)[O-])cc2c1=O. The number of fused-ring (bicyclic) bond motifs is 1. The molecule has 0 saturated carbocycles. The molecule has 2 heterocycles. The highest BCUT2D eigenvalue weighted by atomic mass is 16.6. The molecule has 0 aliphatic heterocycles. The second kappa shape index (κ2) is 6.49. The summed E-state index contributed by atoms with van der Waals surface area (Å²) in [6, 6.07) is 13.5. The molecule has 0 spiro atoms. The summed E-state index contributed by atoms with van der Waals surface area (Å²) in [4.78, 5) is 31.9. The Morgan fingerprint density at radius 2 is 1.96 bits per heavy atom. The van der Waals surface area contributed by atoms with Crippen molar-refractivity contribution in [1.29, 1.82) is 0 Å². The van der Waals surface area contributed by atoms with Crippen LogP contribution in [0.5, 0.6) is 0 Å². The average molecular weight is 362 g/mol. The Kier molecular flexibility index (Phi) is 4.00. The number of oxazole rings is 1. The van der Waals surface area contributed by atoms with Gasteiger partial charge in [0.25, 0.3) is 11.2 Å². The summed E-state index contributed by atoms with van der Waals surface area (Å²) in [5.74, 6) is 1.07. The van der Waals surface area contributed by atoms with Crippen molar-refractivity contribution >= 4 is 16.6 Å². The van der Waals surface area contributed by atoms with Gasteiger partial charge in [-0.25, -0.2) is 9.97 Å². The third kappa shape index (κ3) is 3.08. The van der Waals surface area contributed by atoms with Gasteiger partial charge in [-0.3, -0.25) is 19.5 Å². The first-order chi connectivity index (χ1) is 13.0. The zero-order chi connectivity index (χ0) is 19.0. The van der Waals surface area contributed by atoms with E-state index in [-0.39, 0.29) is 23.2 Å². The van der Waals surface area contributed by atoms with Crippen LogP contribution in [-0.2, 0) is 6.54 Å². The molecule has 8 nitrogen and oxygen atoms in total. The van der Waals surface area contributed by atoms with Gasteiger partial charge in [0.2, 0.25) is 5.89 Å². The summed E-state index contributed by atoms with van der Waals surface area (Å²) >= 11 is 0. The van der Waals surface area contributed by atoms with Crippen molar-refractivity contribution in [2.24, 2.45) is 0 Å². The maximum atomic E-state index is 12.7. The summed E-state index contributed by atoms with van der Waals surface area (Å²) in [5.41, 5.74) is 1.33. The fraction of sp³-hybridized carbons (Fsp3) is 0.105. The number of aromatic nitrogens is 3. The van der Waals surface area contributed by atoms with E-state index in [0.717, 1.165) is 5.56 Å². The number of rotatable bonds is 4. The molecule has 0 radical (unpaired) electrons. The number of aryl methyl sites for hydroxylation is 1. The number of nitro groups is 1. The lowest BCUT2D eigenvalue weighted by atomic mass is 10.2. The Hall–Kier alpha value is -3.81. The van der Waals surface area contributed by atoms with Crippen molar-refractivity contribution in [3.05, 3.63) is 86.8 Å². The van der Waals surface area contributed by atoms with Crippen LogP contribution in [0.1, 0.15) is 11.5 Å². The molecular weight excluding hydrogens is 348 g/mol. The fourth-order valence-corrected chi connectivity index (χ4v) is 2.81. The summed E-state index contributed by atoms with van der Waals surface area (Å²) in [6.45, 7) is 1.94. The van der Waals surface area contributed by atoms with Crippen molar-refractivity contribution in [2.45, 2.75) is 13.5 Å². The van der Waals surface area contributed by atoms with Gasteiger partial charge < -0.3 is 4.42 Å². The van der Waals surface area contributed by atoms with E-state index in [1.54, 1.807) is 6.92 Å². The second-order valence-corrected chi connectivity index (χ2v) is 6.02. The molecule has 0 fully saturated rings. The fourth-order valence-electron chi connectivity index (χ4n) is 2.81. The van der Waals surface area contributed by atoms with Crippen LogP contribution in [0.25, 0.3) is 22.4 Å². The molecule has 27 heavy (non-hydrogen) atoms. The minimum Gasteiger partial charge on any atom is -0.441 e. The summed E-state index contributed by atoms with van der Waals surface area (Å²) in [7, 11) is 0. The van der Waals surface area contributed by atoms with E-state index in [2.05, 4.69) is 9.97 Å². The second-order valence-electron chi connectivity index (χ2n) is 6.02. The highest BCUT2D eigenvalue weighted by Gasteiger charge is 2.15. The molecule has 0 amide bonds.